The summed E-state index contributed by atoms with van der Waals surface area (Å²) in [6, 6.07) is 39.6. The zero-order valence-electron chi connectivity index (χ0n) is 24.3. The molecular formula is C37H30ClN3O3. The molecule has 44 heavy (non-hydrogen) atoms. The van der Waals surface area contributed by atoms with Crippen LogP contribution in [0.5, 0.6) is 11.5 Å². The van der Waals surface area contributed by atoms with Crippen LogP contribution in [-0.2, 0) is 6.61 Å². The summed E-state index contributed by atoms with van der Waals surface area (Å²) in [5.41, 5.74) is 9.06. The summed E-state index contributed by atoms with van der Waals surface area (Å²) in [4.78, 5) is 12.8. The second kappa shape index (κ2) is 12.9. The Balaban J connectivity index is 1.13. The highest BCUT2D eigenvalue weighted by Gasteiger charge is 2.14. The molecule has 0 saturated carbocycles. The number of ether oxygens (including phenoxy) is 2. The molecule has 6 aromatic rings. The van der Waals surface area contributed by atoms with Crippen molar-refractivity contribution in [3.05, 3.63) is 149 Å². The molecule has 218 valence electrons. The zero-order chi connectivity index (χ0) is 30.5. The Kier molecular flexibility index (Phi) is 8.43. The average molecular weight is 600 g/mol. The van der Waals surface area contributed by atoms with Crippen molar-refractivity contribution >= 4 is 34.5 Å². The van der Waals surface area contributed by atoms with Crippen LogP contribution in [0.25, 0.3) is 27.7 Å². The molecule has 1 N–H and O–H groups in total. The monoisotopic (exact) mass is 599 g/mol. The molecule has 0 bridgehead atoms. The SMILES string of the molecule is COc1cc(/C=N/NC(=O)c2ccc(-n3c(C)ccc3-c3ccccc3)cc2)cc(Cl)c1OCc1cccc2ccccc12. The van der Waals surface area contributed by atoms with Gasteiger partial charge in [0.05, 0.1) is 24.0 Å². The van der Waals surface area contributed by atoms with Gasteiger partial charge in [-0.3, -0.25) is 4.79 Å². The van der Waals surface area contributed by atoms with Gasteiger partial charge in [0.1, 0.15) is 6.61 Å². The molecule has 7 heteroatoms. The van der Waals surface area contributed by atoms with Gasteiger partial charge in [0.25, 0.3) is 5.91 Å². The lowest BCUT2D eigenvalue weighted by atomic mass is 10.1. The first-order chi connectivity index (χ1) is 21.5. The van der Waals surface area contributed by atoms with E-state index in [0.717, 1.165) is 39.0 Å². The number of carbonyl (C=O) groups excluding carboxylic acids is 1. The van der Waals surface area contributed by atoms with Crippen LogP contribution in [-0.4, -0.2) is 23.8 Å². The number of nitrogens with one attached hydrogen (secondary N) is 1. The molecule has 6 nitrogen and oxygen atoms in total. The summed E-state index contributed by atoms with van der Waals surface area (Å²) in [5, 5.41) is 6.79. The van der Waals surface area contributed by atoms with E-state index >= 15 is 0 Å². The zero-order valence-corrected chi connectivity index (χ0v) is 25.1. The first-order valence-corrected chi connectivity index (χ1v) is 14.5. The third-order valence-corrected chi connectivity index (χ3v) is 7.70. The minimum absolute atomic E-state index is 0.326. The second-order valence-electron chi connectivity index (χ2n) is 10.3. The number of hydrogen-bond donors (Lipinski definition) is 1. The Morgan fingerprint density at radius 3 is 2.43 bits per heavy atom. The Bertz CT molecular complexity index is 1960. The van der Waals surface area contributed by atoms with Gasteiger partial charge in [0.15, 0.2) is 11.5 Å². The molecule has 0 aliphatic carbocycles. The molecule has 0 atom stereocenters. The molecule has 1 amide bonds. The number of aryl methyl sites for hydroxylation is 1. The number of halogens is 1. The van der Waals surface area contributed by atoms with Gasteiger partial charge < -0.3 is 14.0 Å². The van der Waals surface area contributed by atoms with Crippen molar-refractivity contribution in [1.82, 2.24) is 9.99 Å². The van der Waals surface area contributed by atoms with Gasteiger partial charge in [0, 0.05) is 16.9 Å². The summed E-state index contributed by atoms with van der Waals surface area (Å²) < 4.78 is 13.8. The van der Waals surface area contributed by atoms with E-state index in [1.807, 2.05) is 54.6 Å². The van der Waals surface area contributed by atoms with Crippen LogP contribution in [0.15, 0.2) is 126 Å². The van der Waals surface area contributed by atoms with Crippen LogP contribution in [0.1, 0.15) is 27.2 Å². The summed E-state index contributed by atoms with van der Waals surface area (Å²) in [7, 11) is 1.56. The van der Waals surface area contributed by atoms with Crippen molar-refractivity contribution in [3.8, 4) is 28.4 Å². The van der Waals surface area contributed by atoms with E-state index in [1.54, 1.807) is 31.4 Å². The molecule has 5 aromatic carbocycles. The molecule has 0 aliphatic heterocycles. The lowest BCUT2D eigenvalue weighted by Gasteiger charge is -2.14. The molecule has 0 radical (unpaired) electrons. The highest BCUT2D eigenvalue weighted by atomic mass is 35.5. The number of benzene rings is 5. The molecular weight excluding hydrogens is 570 g/mol. The summed E-state index contributed by atoms with van der Waals surface area (Å²) in [5.74, 6) is 0.585. The smallest absolute Gasteiger partial charge is 0.271 e. The molecule has 0 aliphatic rings. The van der Waals surface area contributed by atoms with E-state index in [2.05, 4.69) is 64.5 Å². The Morgan fingerprint density at radius 2 is 1.64 bits per heavy atom. The lowest BCUT2D eigenvalue weighted by molar-refractivity contribution is 0.0955. The summed E-state index contributed by atoms with van der Waals surface area (Å²) in [6.07, 6.45) is 1.52. The second-order valence-corrected chi connectivity index (χ2v) is 10.7. The topological polar surface area (TPSA) is 64.8 Å². The largest absolute Gasteiger partial charge is 0.493 e. The van der Waals surface area contributed by atoms with Crippen molar-refractivity contribution in [1.29, 1.82) is 0 Å². The molecule has 0 fully saturated rings. The third-order valence-electron chi connectivity index (χ3n) is 7.42. The number of amides is 1. The predicted octanol–water partition coefficient (Wildman–Crippen LogP) is 8.61. The number of hydrazone groups is 1. The van der Waals surface area contributed by atoms with E-state index in [9.17, 15) is 4.79 Å². The van der Waals surface area contributed by atoms with E-state index in [-0.39, 0.29) is 5.91 Å². The van der Waals surface area contributed by atoms with Gasteiger partial charge in [0.2, 0.25) is 0 Å². The minimum atomic E-state index is -0.326. The highest BCUT2D eigenvalue weighted by molar-refractivity contribution is 6.32. The van der Waals surface area contributed by atoms with Crippen LogP contribution in [0.3, 0.4) is 0 Å². The summed E-state index contributed by atoms with van der Waals surface area (Å²) in [6.45, 7) is 2.39. The number of rotatable bonds is 9. The average Bonchev–Trinajstić information content (AvgIpc) is 3.45. The Hall–Kier alpha value is -5.33. The summed E-state index contributed by atoms with van der Waals surface area (Å²) >= 11 is 6.60. The third kappa shape index (κ3) is 6.07. The number of fused-ring (bicyclic) bond motifs is 1. The van der Waals surface area contributed by atoms with Gasteiger partial charge in [-0.1, -0.05) is 84.4 Å². The molecule has 1 aromatic heterocycles. The number of aromatic nitrogens is 1. The van der Waals surface area contributed by atoms with Gasteiger partial charge in [-0.15, -0.1) is 0 Å². The Labute approximate surface area is 261 Å². The van der Waals surface area contributed by atoms with E-state index in [0.29, 0.717) is 34.3 Å². The van der Waals surface area contributed by atoms with Crippen LogP contribution in [0, 0.1) is 6.92 Å². The molecule has 6 rings (SSSR count). The number of hydrogen-bond acceptors (Lipinski definition) is 4. The molecule has 0 unspecified atom stereocenters. The maximum absolute atomic E-state index is 12.8. The van der Waals surface area contributed by atoms with Gasteiger partial charge in [-0.25, -0.2) is 5.43 Å². The highest BCUT2D eigenvalue weighted by Crippen LogP contribution is 2.37. The van der Waals surface area contributed by atoms with Gasteiger partial charge in [-0.05, 0) is 82.9 Å². The van der Waals surface area contributed by atoms with Crippen LogP contribution in [0.4, 0.5) is 0 Å². The predicted molar refractivity (Wildman–Crippen MR) is 177 cm³/mol. The van der Waals surface area contributed by atoms with Crippen LogP contribution < -0.4 is 14.9 Å². The maximum Gasteiger partial charge on any atom is 0.271 e. The standard InChI is InChI=1S/C37H30ClN3O3/c1-25-15-20-34(28-10-4-3-5-11-28)41(25)31-18-16-29(17-19-31)37(42)40-39-23-26-21-33(38)36(35(22-26)43-2)44-24-30-13-8-12-27-9-6-7-14-32(27)30/h3-23H,24H2,1-2H3,(H,40,42)/b39-23+. The number of methoxy groups -OCH3 is 1. The maximum atomic E-state index is 12.8. The number of nitrogens with zero attached hydrogens (tertiary/aromatic N) is 2. The van der Waals surface area contributed by atoms with Gasteiger partial charge in [-0.2, -0.15) is 5.10 Å². The fraction of sp³-hybridized carbons (Fsp3) is 0.0811. The molecule has 0 spiro atoms. The van der Waals surface area contributed by atoms with Crippen LogP contribution >= 0.6 is 11.6 Å². The first-order valence-electron chi connectivity index (χ1n) is 14.2. The number of carbonyl (C=O) groups is 1. The van der Waals surface area contributed by atoms with Crippen molar-refractivity contribution in [2.24, 2.45) is 5.10 Å². The molecule has 0 saturated heterocycles. The molecule has 1 heterocycles. The lowest BCUT2D eigenvalue weighted by Crippen LogP contribution is -2.17. The Morgan fingerprint density at radius 1 is 0.886 bits per heavy atom. The fourth-order valence-corrected chi connectivity index (χ4v) is 5.50. The van der Waals surface area contributed by atoms with Crippen molar-refractivity contribution < 1.29 is 14.3 Å². The van der Waals surface area contributed by atoms with Crippen molar-refractivity contribution in [3.63, 3.8) is 0 Å². The fourth-order valence-electron chi connectivity index (χ4n) is 5.23. The van der Waals surface area contributed by atoms with Gasteiger partial charge >= 0.3 is 0 Å². The van der Waals surface area contributed by atoms with Crippen molar-refractivity contribution in [2.45, 2.75) is 13.5 Å². The van der Waals surface area contributed by atoms with E-state index in [4.69, 9.17) is 21.1 Å². The van der Waals surface area contributed by atoms with E-state index < -0.39 is 0 Å². The first kappa shape index (κ1) is 28.8. The minimum Gasteiger partial charge on any atom is -0.493 e. The van der Waals surface area contributed by atoms with Crippen LogP contribution in [0.2, 0.25) is 5.02 Å². The van der Waals surface area contributed by atoms with E-state index in [1.165, 1.54) is 6.21 Å². The normalized spacial score (nSPS) is 11.2. The quantitative estimate of drug-likeness (QED) is 0.134. The van der Waals surface area contributed by atoms with Crippen molar-refractivity contribution in [2.75, 3.05) is 7.11 Å².